The largest absolute Gasteiger partial charge is 0.435 e. The van der Waals surface area contributed by atoms with Crippen molar-refractivity contribution in [2.24, 2.45) is 5.92 Å². The van der Waals surface area contributed by atoms with E-state index in [1.54, 1.807) is 41.2 Å². The number of halogens is 1. The SMILES string of the molecule is CC(C)Cn1ccnc(Oc2cccc(Cl)c2)c1=O. The number of hydrogen-bond acceptors (Lipinski definition) is 3. The summed E-state index contributed by atoms with van der Waals surface area (Å²) in [6, 6.07) is 6.87. The first-order valence-corrected chi connectivity index (χ1v) is 6.43. The Morgan fingerprint density at radius 2 is 2.21 bits per heavy atom. The van der Waals surface area contributed by atoms with Crippen molar-refractivity contribution in [2.45, 2.75) is 20.4 Å². The van der Waals surface area contributed by atoms with Crippen molar-refractivity contribution in [2.75, 3.05) is 0 Å². The molecule has 0 unspecified atom stereocenters. The van der Waals surface area contributed by atoms with E-state index in [0.29, 0.717) is 23.2 Å². The summed E-state index contributed by atoms with van der Waals surface area (Å²) in [5.41, 5.74) is -0.240. The molecule has 0 saturated carbocycles. The Balaban J connectivity index is 2.28. The fourth-order valence-corrected chi connectivity index (χ4v) is 1.86. The second-order valence-electron chi connectivity index (χ2n) is 4.64. The minimum absolute atomic E-state index is 0.0606. The van der Waals surface area contributed by atoms with Gasteiger partial charge in [-0.3, -0.25) is 4.79 Å². The van der Waals surface area contributed by atoms with Crippen LogP contribution in [0.3, 0.4) is 0 Å². The van der Waals surface area contributed by atoms with Crippen LogP contribution in [0.1, 0.15) is 13.8 Å². The maximum Gasteiger partial charge on any atom is 0.313 e. The van der Waals surface area contributed by atoms with Gasteiger partial charge in [-0.2, -0.15) is 0 Å². The lowest BCUT2D eigenvalue weighted by atomic mass is 10.2. The Labute approximate surface area is 116 Å². The highest BCUT2D eigenvalue weighted by Gasteiger charge is 2.08. The Morgan fingerprint density at radius 1 is 1.42 bits per heavy atom. The topological polar surface area (TPSA) is 44.1 Å². The van der Waals surface area contributed by atoms with Gasteiger partial charge in [-0.15, -0.1) is 0 Å². The van der Waals surface area contributed by atoms with Gasteiger partial charge >= 0.3 is 5.56 Å². The second kappa shape index (κ2) is 5.89. The van der Waals surface area contributed by atoms with Gasteiger partial charge in [-0.05, 0) is 24.1 Å². The lowest BCUT2D eigenvalue weighted by molar-refractivity contribution is 0.432. The number of benzene rings is 1. The molecular formula is C14H15ClN2O2. The average molecular weight is 279 g/mol. The number of hydrogen-bond donors (Lipinski definition) is 0. The third kappa shape index (κ3) is 3.58. The molecule has 1 aromatic carbocycles. The van der Waals surface area contributed by atoms with Crippen LogP contribution in [0, 0.1) is 5.92 Å². The van der Waals surface area contributed by atoms with Crippen molar-refractivity contribution in [1.29, 1.82) is 0 Å². The highest BCUT2D eigenvalue weighted by Crippen LogP contribution is 2.20. The molecule has 1 aromatic heterocycles. The van der Waals surface area contributed by atoms with E-state index in [1.165, 1.54) is 0 Å². The zero-order chi connectivity index (χ0) is 13.8. The van der Waals surface area contributed by atoms with E-state index in [2.05, 4.69) is 4.98 Å². The van der Waals surface area contributed by atoms with Gasteiger partial charge in [0, 0.05) is 24.0 Å². The van der Waals surface area contributed by atoms with Crippen LogP contribution in [0.4, 0.5) is 0 Å². The van der Waals surface area contributed by atoms with Crippen molar-refractivity contribution in [3.8, 4) is 11.6 Å². The van der Waals surface area contributed by atoms with E-state index in [4.69, 9.17) is 16.3 Å². The van der Waals surface area contributed by atoms with E-state index in [9.17, 15) is 4.79 Å². The molecule has 0 spiro atoms. The molecule has 0 N–H and O–H groups in total. The molecule has 19 heavy (non-hydrogen) atoms. The maximum absolute atomic E-state index is 12.1. The number of aromatic nitrogens is 2. The van der Waals surface area contributed by atoms with E-state index < -0.39 is 0 Å². The molecule has 0 saturated heterocycles. The molecule has 0 radical (unpaired) electrons. The highest BCUT2D eigenvalue weighted by molar-refractivity contribution is 6.30. The minimum atomic E-state index is -0.240. The second-order valence-corrected chi connectivity index (χ2v) is 5.08. The smallest absolute Gasteiger partial charge is 0.313 e. The highest BCUT2D eigenvalue weighted by atomic mass is 35.5. The monoisotopic (exact) mass is 278 g/mol. The molecule has 1 heterocycles. The van der Waals surface area contributed by atoms with E-state index >= 15 is 0 Å². The lowest BCUT2D eigenvalue weighted by Crippen LogP contribution is -2.23. The van der Waals surface area contributed by atoms with Crippen molar-refractivity contribution in [3.05, 3.63) is 52.0 Å². The van der Waals surface area contributed by atoms with Crippen molar-refractivity contribution < 1.29 is 4.74 Å². The van der Waals surface area contributed by atoms with Crippen LogP contribution in [0.5, 0.6) is 11.6 Å². The fourth-order valence-electron chi connectivity index (χ4n) is 1.68. The number of ether oxygens (including phenoxy) is 1. The van der Waals surface area contributed by atoms with Crippen LogP contribution in [0.15, 0.2) is 41.5 Å². The van der Waals surface area contributed by atoms with E-state index in [0.717, 1.165) is 0 Å². The molecule has 0 amide bonds. The Bertz CT molecular complexity index is 623. The summed E-state index contributed by atoms with van der Waals surface area (Å²) in [7, 11) is 0. The first-order valence-electron chi connectivity index (χ1n) is 6.05. The normalized spacial score (nSPS) is 10.7. The van der Waals surface area contributed by atoms with Crippen LogP contribution in [-0.4, -0.2) is 9.55 Å². The summed E-state index contributed by atoms with van der Waals surface area (Å²) in [6.45, 7) is 4.72. The molecule has 0 atom stereocenters. The molecule has 5 heteroatoms. The van der Waals surface area contributed by atoms with Crippen LogP contribution >= 0.6 is 11.6 Å². The zero-order valence-electron chi connectivity index (χ0n) is 10.8. The van der Waals surface area contributed by atoms with Gasteiger partial charge in [0.1, 0.15) is 5.75 Å². The molecule has 100 valence electrons. The summed E-state index contributed by atoms with van der Waals surface area (Å²) in [6.07, 6.45) is 3.22. The fraction of sp³-hybridized carbons (Fsp3) is 0.286. The first kappa shape index (κ1) is 13.6. The molecule has 0 aliphatic carbocycles. The standard InChI is InChI=1S/C14H15ClN2O2/c1-10(2)9-17-7-6-16-13(14(17)18)19-12-5-3-4-11(15)8-12/h3-8,10H,9H2,1-2H3. The summed E-state index contributed by atoms with van der Waals surface area (Å²) >= 11 is 5.87. The predicted octanol–water partition coefficient (Wildman–Crippen LogP) is 3.35. The molecule has 2 aromatic rings. The Hall–Kier alpha value is -1.81. The molecule has 4 nitrogen and oxygen atoms in total. The van der Waals surface area contributed by atoms with Gasteiger partial charge in [0.2, 0.25) is 0 Å². The molecule has 0 aliphatic rings. The number of rotatable bonds is 4. The Morgan fingerprint density at radius 3 is 2.89 bits per heavy atom. The zero-order valence-corrected chi connectivity index (χ0v) is 11.6. The van der Waals surface area contributed by atoms with Gasteiger partial charge in [-0.25, -0.2) is 4.98 Å². The van der Waals surface area contributed by atoms with Crippen molar-refractivity contribution in [1.82, 2.24) is 9.55 Å². The van der Waals surface area contributed by atoms with Crippen LogP contribution in [-0.2, 0) is 6.54 Å². The van der Waals surface area contributed by atoms with Gasteiger partial charge < -0.3 is 9.30 Å². The number of nitrogens with zero attached hydrogens (tertiary/aromatic N) is 2. The summed E-state index contributed by atoms with van der Waals surface area (Å²) in [4.78, 5) is 16.1. The first-order chi connectivity index (χ1) is 9.06. The van der Waals surface area contributed by atoms with E-state index in [1.807, 2.05) is 13.8 Å². The third-order valence-corrected chi connectivity index (χ3v) is 2.69. The lowest BCUT2D eigenvalue weighted by Gasteiger charge is -2.10. The van der Waals surface area contributed by atoms with Crippen molar-refractivity contribution >= 4 is 11.6 Å². The van der Waals surface area contributed by atoms with Gasteiger partial charge in [0.15, 0.2) is 0 Å². The summed E-state index contributed by atoms with van der Waals surface area (Å²) in [5.74, 6) is 0.934. The van der Waals surface area contributed by atoms with Gasteiger partial charge in [-0.1, -0.05) is 31.5 Å². The van der Waals surface area contributed by atoms with Crippen LogP contribution in [0.25, 0.3) is 0 Å². The minimum Gasteiger partial charge on any atom is -0.435 e. The molecular weight excluding hydrogens is 264 g/mol. The van der Waals surface area contributed by atoms with Crippen molar-refractivity contribution in [3.63, 3.8) is 0 Å². The molecule has 0 aliphatic heterocycles. The molecule has 0 fully saturated rings. The maximum atomic E-state index is 12.1. The van der Waals surface area contributed by atoms with Crippen LogP contribution < -0.4 is 10.3 Å². The summed E-state index contributed by atoms with van der Waals surface area (Å²) in [5, 5.41) is 0.552. The summed E-state index contributed by atoms with van der Waals surface area (Å²) < 4.78 is 7.08. The van der Waals surface area contributed by atoms with Gasteiger partial charge in [0.05, 0.1) is 0 Å². The molecule has 2 rings (SSSR count). The van der Waals surface area contributed by atoms with E-state index in [-0.39, 0.29) is 11.4 Å². The average Bonchev–Trinajstić information content (AvgIpc) is 2.34. The van der Waals surface area contributed by atoms with Gasteiger partial charge in [0.25, 0.3) is 5.88 Å². The third-order valence-electron chi connectivity index (χ3n) is 2.45. The Kier molecular flexibility index (Phi) is 4.22. The quantitative estimate of drug-likeness (QED) is 0.861. The predicted molar refractivity (Wildman–Crippen MR) is 74.9 cm³/mol. The van der Waals surface area contributed by atoms with Crippen LogP contribution in [0.2, 0.25) is 5.02 Å². The molecule has 0 bridgehead atoms.